The second-order valence-electron chi connectivity index (χ2n) is 6.12. The van der Waals surface area contributed by atoms with Crippen molar-refractivity contribution < 1.29 is 4.79 Å². The van der Waals surface area contributed by atoms with Crippen LogP contribution in [0.2, 0.25) is 0 Å². The second kappa shape index (κ2) is 5.10. The van der Waals surface area contributed by atoms with E-state index in [0.717, 1.165) is 11.1 Å². The van der Waals surface area contributed by atoms with E-state index in [-0.39, 0.29) is 17.5 Å². The molecule has 0 unspecified atom stereocenters. The van der Waals surface area contributed by atoms with Crippen LogP contribution in [0.3, 0.4) is 0 Å². The number of fused-ring (bicyclic) bond motifs is 4. The molecule has 6 heteroatoms. The molecular formula is C20H13N5O. The van der Waals surface area contributed by atoms with Crippen LogP contribution < -0.4 is 11.5 Å². The van der Waals surface area contributed by atoms with E-state index in [0.29, 0.717) is 33.4 Å². The minimum absolute atomic E-state index is 0.0547. The fourth-order valence-electron chi connectivity index (χ4n) is 3.54. The molecule has 1 aliphatic carbocycles. The molecule has 0 radical (unpaired) electrons. The Labute approximate surface area is 148 Å². The third-order valence-corrected chi connectivity index (χ3v) is 4.61. The van der Waals surface area contributed by atoms with Gasteiger partial charge in [0, 0.05) is 16.7 Å². The highest BCUT2D eigenvalue weighted by Crippen LogP contribution is 2.44. The van der Waals surface area contributed by atoms with Gasteiger partial charge in [0.1, 0.15) is 5.82 Å². The molecule has 0 saturated heterocycles. The minimum atomic E-state index is -0.0694. The van der Waals surface area contributed by atoms with Gasteiger partial charge in [-0.1, -0.05) is 54.6 Å². The number of nitrogens with zero attached hydrogens (tertiary/aromatic N) is 3. The Hall–Kier alpha value is -3.80. The van der Waals surface area contributed by atoms with Crippen LogP contribution in [0.1, 0.15) is 15.9 Å². The Kier molecular flexibility index (Phi) is 2.85. The van der Waals surface area contributed by atoms with Gasteiger partial charge in [-0.15, -0.1) is 0 Å². The van der Waals surface area contributed by atoms with Crippen molar-refractivity contribution in [2.75, 3.05) is 11.5 Å². The monoisotopic (exact) mass is 339 g/mol. The largest absolute Gasteiger partial charge is 0.383 e. The molecule has 2 aromatic heterocycles. The Bertz CT molecular complexity index is 1220. The molecule has 0 fully saturated rings. The maximum atomic E-state index is 13.2. The van der Waals surface area contributed by atoms with Gasteiger partial charge in [0.05, 0.1) is 16.6 Å². The summed E-state index contributed by atoms with van der Waals surface area (Å²) in [5, 5.41) is 0.547. The first kappa shape index (κ1) is 14.5. The molecule has 124 valence electrons. The van der Waals surface area contributed by atoms with Gasteiger partial charge < -0.3 is 11.5 Å². The molecule has 2 aromatic carbocycles. The van der Waals surface area contributed by atoms with Gasteiger partial charge in [0.25, 0.3) is 0 Å². The summed E-state index contributed by atoms with van der Waals surface area (Å²) in [4.78, 5) is 26.1. The molecule has 0 spiro atoms. The van der Waals surface area contributed by atoms with Crippen molar-refractivity contribution in [1.29, 1.82) is 0 Å². The highest BCUT2D eigenvalue weighted by molar-refractivity contribution is 6.27. The molecule has 0 bridgehead atoms. The van der Waals surface area contributed by atoms with E-state index < -0.39 is 0 Å². The molecule has 4 N–H and O–H groups in total. The van der Waals surface area contributed by atoms with Crippen molar-refractivity contribution >= 4 is 28.6 Å². The van der Waals surface area contributed by atoms with E-state index in [1.165, 1.54) is 0 Å². The number of rotatable bonds is 1. The Morgan fingerprint density at radius 3 is 2.19 bits per heavy atom. The maximum absolute atomic E-state index is 13.2. The van der Waals surface area contributed by atoms with Gasteiger partial charge >= 0.3 is 0 Å². The lowest BCUT2D eigenvalue weighted by Gasteiger charge is -2.13. The van der Waals surface area contributed by atoms with Crippen LogP contribution in [-0.2, 0) is 0 Å². The zero-order chi connectivity index (χ0) is 17.8. The minimum Gasteiger partial charge on any atom is -0.383 e. The molecule has 4 aromatic rings. The summed E-state index contributed by atoms with van der Waals surface area (Å²) in [6, 6.07) is 17.0. The molecule has 26 heavy (non-hydrogen) atoms. The van der Waals surface area contributed by atoms with Crippen molar-refractivity contribution in [3.8, 4) is 22.4 Å². The van der Waals surface area contributed by atoms with Crippen LogP contribution in [0.5, 0.6) is 0 Å². The van der Waals surface area contributed by atoms with Crippen molar-refractivity contribution in [3.05, 3.63) is 65.7 Å². The number of hydrogen-bond acceptors (Lipinski definition) is 6. The van der Waals surface area contributed by atoms with Gasteiger partial charge in [-0.3, -0.25) is 4.79 Å². The highest BCUT2D eigenvalue weighted by Gasteiger charge is 2.33. The fraction of sp³-hybridized carbons (Fsp3) is 0. The first-order valence-corrected chi connectivity index (χ1v) is 8.11. The molecule has 0 saturated carbocycles. The van der Waals surface area contributed by atoms with Crippen LogP contribution >= 0.6 is 0 Å². The number of benzene rings is 2. The summed E-state index contributed by atoms with van der Waals surface area (Å²) in [6.45, 7) is 0. The number of carbonyl (C=O) groups is 1. The number of nitrogen functional groups attached to an aromatic ring is 2. The van der Waals surface area contributed by atoms with E-state index in [9.17, 15) is 4.79 Å². The van der Waals surface area contributed by atoms with Gasteiger partial charge in [-0.05, 0) is 5.56 Å². The second-order valence-corrected chi connectivity index (χ2v) is 6.12. The standard InChI is InChI=1S/C20H13N5O/c21-18-15-13(10-6-2-1-3-7-10)14-16(23-19(15)25-20(22)24-18)11-8-4-5-9-12(11)17(14)26/h1-9H,(H4,21,22,23,24,25). The summed E-state index contributed by atoms with van der Waals surface area (Å²) in [5.74, 6) is 0.199. The molecule has 6 nitrogen and oxygen atoms in total. The normalized spacial score (nSPS) is 12.2. The molecule has 0 aliphatic heterocycles. The van der Waals surface area contributed by atoms with E-state index in [1.54, 1.807) is 0 Å². The van der Waals surface area contributed by atoms with E-state index in [1.807, 2.05) is 54.6 Å². The lowest BCUT2D eigenvalue weighted by Crippen LogP contribution is -2.06. The molecule has 0 atom stereocenters. The van der Waals surface area contributed by atoms with Gasteiger partial charge in [0.2, 0.25) is 5.95 Å². The zero-order valence-corrected chi connectivity index (χ0v) is 13.6. The molecule has 0 amide bonds. The molecular weight excluding hydrogens is 326 g/mol. The summed E-state index contributed by atoms with van der Waals surface area (Å²) < 4.78 is 0. The summed E-state index contributed by atoms with van der Waals surface area (Å²) in [5.41, 5.74) is 16.4. The predicted octanol–water partition coefficient (Wildman–Crippen LogP) is 3.07. The smallest absolute Gasteiger partial charge is 0.224 e. The topological polar surface area (TPSA) is 108 Å². The predicted molar refractivity (Wildman–Crippen MR) is 100 cm³/mol. The summed E-state index contributed by atoms with van der Waals surface area (Å²) >= 11 is 0. The Balaban J connectivity index is 2.01. The van der Waals surface area contributed by atoms with E-state index in [2.05, 4.69) is 15.0 Å². The zero-order valence-electron chi connectivity index (χ0n) is 13.6. The van der Waals surface area contributed by atoms with Crippen LogP contribution in [0.25, 0.3) is 33.4 Å². The third-order valence-electron chi connectivity index (χ3n) is 4.61. The summed E-state index contributed by atoms with van der Waals surface area (Å²) in [6.07, 6.45) is 0. The van der Waals surface area contributed by atoms with E-state index in [4.69, 9.17) is 11.5 Å². The van der Waals surface area contributed by atoms with Crippen molar-refractivity contribution in [2.24, 2.45) is 0 Å². The average Bonchev–Trinajstić information content (AvgIpc) is 2.93. The third kappa shape index (κ3) is 1.86. The van der Waals surface area contributed by atoms with Crippen LogP contribution in [0.15, 0.2) is 54.6 Å². The number of aromatic nitrogens is 3. The molecule has 2 heterocycles. The van der Waals surface area contributed by atoms with Crippen LogP contribution in [0, 0.1) is 0 Å². The van der Waals surface area contributed by atoms with Crippen molar-refractivity contribution in [2.45, 2.75) is 0 Å². The van der Waals surface area contributed by atoms with Crippen molar-refractivity contribution in [1.82, 2.24) is 15.0 Å². The first-order valence-electron chi connectivity index (χ1n) is 8.11. The fourth-order valence-corrected chi connectivity index (χ4v) is 3.54. The lowest BCUT2D eigenvalue weighted by atomic mass is 9.95. The average molecular weight is 339 g/mol. The number of ketones is 1. The number of hydrogen-bond donors (Lipinski definition) is 2. The lowest BCUT2D eigenvalue weighted by molar-refractivity contribution is 0.104. The van der Waals surface area contributed by atoms with Crippen LogP contribution in [0.4, 0.5) is 11.8 Å². The summed E-state index contributed by atoms with van der Waals surface area (Å²) in [7, 11) is 0. The van der Waals surface area contributed by atoms with Gasteiger partial charge in [-0.2, -0.15) is 9.97 Å². The van der Waals surface area contributed by atoms with E-state index >= 15 is 0 Å². The van der Waals surface area contributed by atoms with Gasteiger partial charge in [0.15, 0.2) is 11.4 Å². The van der Waals surface area contributed by atoms with Crippen LogP contribution in [-0.4, -0.2) is 20.7 Å². The van der Waals surface area contributed by atoms with Crippen molar-refractivity contribution in [3.63, 3.8) is 0 Å². The maximum Gasteiger partial charge on any atom is 0.224 e. The number of pyridine rings is 1. The number of nitrogens with two attached hydrogens (primary N) is 2. The molecule has 5 rings (SSSR count). The SMILES string of the molecule is Nc1nc(N)c2c(-c3ccccc3)c3c(nc2n1)-c1ccccc1C3=O. The number of anilines is 2. The highest BCUT2D eigenvalue weighted by atomic mass is 16.1. The quantitative estimate of drug-likeness (QED) is 0.486. The molecule has 1 aliphatic rings. The number of carbonyl (C=O) groups excluding carboxylic acids is 1. The first-order chi connectivity index (χ1) is 12.6. The van der Waals surface area contributed by atoms with Gasteiger partial charge in [-0.25, -0.2) is 4.98 Å². The Morgan fingerprint density at radius 2 is 1.42 bits per heavy atom. The Morgan fingerprint density at radius 1 is 0.731 bits per heavy atom.